The van der Waals surface area contributed by atoms with E-state index in [9.17, 15) is 15.3 Å². The number of hydrogen-bond donors (Lipinski definition) is 3. The van der Waals surface area contributed by atoms with Crippen molar-refractivity contribution < 1.29 is 53.2 Å². The highest BCUT2D eigenvalue weighted by Gasteiger charge is 2.59. The molecule has 184 valence electrons. The second-order valence-electron chi connectivity index (χ2n) is 7.67. The third-order valence-corrected chi connectivity index (χ3v) is 6.04. The van der Waals surface area contributed by atoms with Gasteiger partial charge < -0.3 is 53.2 Å². The molecule has 11 nitrogen and oxygen atoms in total. The molecule has 0 aromatic heterocycles. The quantitative estimate of drug-likeness (QED) is 0.313. The molecule has 3 N–H and O–H groups in total. The van der Waals surface area contributed by atoms with Crippen LogP contribution in [0.15, 0.2) is 0 Å². The fourth-order valence-corrected chi connectivity index (χ4v) is 4.66. The Hall–Kier alpha value is -0.440. The van der Waals surface area contributed by atoms with Crippen molar-refractivity contribution in [3.8, 4) is 0 Å². The highest BCUT2D eigenvalue weighted by molar-refractivity contribution is 4.99. The number of aliphatic hydroxyl groups is 3. The van der Waals surface area contributed by atoms with Crippen LogP contribution in [0, 0.1) is 5.92 Å². The predicted octanol–water partition coefficient (Wildman–Crippen LogP) is -1.10. The van der Waals surface area contributed by atoms with E-state index in [1.165, 1.54) is 35.5 Å². The smallest absolute Gasteiger partial charge is 0.200 e. The van der Waals surface area contributed by atoms with Gasteiger partial charge in [-0.25, -0.2) is 0 Å². The third kappa shape index (κ3) is 5.56. The zero-order valence-electron chi connectivity index (χ0n) is 19.0. The molecule has 2 saturated heterocycles. The number of methoxy groups -OCH3 is 5. The number of rotatable bonds is 13. The van der Waals surface area contributed by atoms with Gasteiger partial charge in [-0.15, -0.1) is 0 Å². The molecule has 2 fully saturated rings. The molecule has 0 saturated carbocycles. The van der Waals surface area contributed by atoms with Gasteiger partial charge in [0.2, 0.25) is 5.79 Å². The van der Waals surface area contributed by atoms with E-state index < -0.39 is 54.6 Å². The average Bonchev–Trinajstić information content (AvgIpc) is 3.05. The number of aliphatic hydroxyl groups excluding tert-OH is 3. The lowest BCUT2D eigenvalue weighted by molar-refractivity contribution is -0.384. The third-order valence-electron chi connectivity index (χ3n) is 6.04. The Bertz CT molecular complexity index is 510. The fourth-order valence-electron chi connectivity index (χ4n) is 4.66. The van der Waals surface area contributed by atoms with Crippen LogP contribution < -0.4 is 0 Å². The molecule has 0 radical (unpaired) electrons. The maximum atomic E-state index is 9.97. The van der Waals surface area contributed by atoms with E-state index >= 15 is 0 Å². The Balaban J connectivity index is 2.38. The lowest BCUT2D eigenvalue weighted by Gasteiger charge is -2.47. The summed E-state index contributed by atoms with van der Waals surface area (Å²) in [6, 6.07) is 0. The summed E-state index contributed by atoms with van der Waals surface area (Å²) in [6.07, 6.45) is -4.13. The van der Waals surface area contributed by atoms with E-state index in [1.54, 1.807) is 0 Å². The molecule has 0 aromatic carbocycles. The summed E-state index contributed by atoms with van der Waals surface area (Å²) < 4.78 is 46.5. The van der Waals surface area contributed by atoms with E-state index in [0.29, 0.717) is 6.42 Å². The summed E-state index contributed by atoms with van der Waals surface area (Å²) in [4.78, 5) is 0. The van der Waals surface area contributed by atoms with Gasteiger partial charge in [0.25, 0.3) is 0 Å². The van der Waals surface area contributed by atoms with Gasteiger partial charge in [-0.05, 0) is 6.42 Å². The summed E-state index contributed by atoms with van der Waals surface area (Å²) in [6.45, 7) is -0.383. The van der Waals surface area contributed by atoms with Gasteiger partial charge in [0.15, 0.2) is 6.29 Å². The molecule has 9 atom stereocenters. The van der Waals surface area contributed by atoms with Crippen LogP contribution >= 0.6 is 0 Å². The lowest BCUT2D eigenvalue weighted by Crippen LogP contribution is -2.63. The minimum Gasteiger partial charge on any atom is -0.396 e. The van der Waals surface area contributed by atoms with Crippen LogP contribution in [0.2, 0.25) is 0 Å². The van der Waals surface area contributed by atoms with Gasteiger partial charge in [-0.1, -0.05) is 0 Å². The Labute approximate surface area is 183 Å². The normalized spacial score (nSPS) is 41.0. The predicted molar refractivity (Wildman–Crippen MR) is 106 cm³/mol. The van der Waals surface area contributed by atoms with Gasteiger partial charge in [-0.2, -0.15) is 0 Å². The standard InChI is InChI=1S/C20H38O11/c1-24-11-14-12(10-23)18(28-5)20(30-14,7-9-22)31-19-17(27-4)16(26-3)15(25-2)13(29-19)6-8-21/h12-19,21-23H,6-11H2,1-5H3/t12?,13?,14-,15-,16-,17?,18-,19?,20?/m1/s1. The second kappa shape index (κ2) is 12.7. The van der Waals surface area contributed by atoms with Crippen molar-refractivity contribution in [1.82, 2.24) is 0 Å². The molecule has 2 aliphatic heterocycles. The maximum Gasteiger partial charge on any atom is 0.200 e. The minimum atomic E-state index is -1.43. The van der Waals surface area contributed by atoms with Crippen LogP contribution in [0.1, 0.15) is 12.8 Å². The first-order valence-corrected chi connectivity index (χ1v) is 10.4. The molecule has 5 unspecified atom stereocenters. The fraction of sp³-hybridized carbons (Fsp3) is 1.00. The molecule has 0 aliphatic carbocycles. The van der Waals surface area contributed by atoms with Gasteiger partial charge in [0.1, 0.15) is 24.4 Å². The SMILES string of the molecule is COC[C@H]1OC(CCO)(OC2OC(CCO)[C@@H](OC)[C@@H](OC)C2OC)[C@H](OC)C1CO. The average molecular weight is 455 g/mol. The molecule has 2 heterocycles. The molecule has 31 heavy (non-hydrogen) atoms. The van der Waals surface area contributed by atoms with Crippen molar-refractivity contribution in [2.75, 3.05) is 62.0 Å². The summed E-state index contributed by atoms with van der Waals surface area (Å²) >= 11 is 0. The molecule has 0 spiro atoms. The summed E-state index contributed by atoms with van der Waals surface area (Å²) in [5, 5.41) is 29.3. The topological polar surface area (TPSA) is 135 Å². The highest BCUT2D eigenvalue weighted by Crippen LogP contribution is 2.43. The largest absolute Gasteiger partial charge is 0.396 e. The van der Waals surface area contributed by atoms with E-state index in [1.807, 2.05) is 0 Å². The van der Waals surface area contributed by atoms with Crippen molar-refractivity contribution in [2.24, 2.45) is 5.92 Å². The molecule has 0 aromatic rings. The number of ether oxygens (including phenoxy) is 8. The lowest BCUT2D eigenvalue weighted by atomic mass is 9.93. The summed E-state index contributed by atoms with van der Waals surface area (Å²) in [5.41, 5.74) is 0. The Morgan fingerprint density at radius 2 is 1.48 bits per heavy atom. The van der Waals surface area contributed by atoms with E-state index in [2.05, 4.69) is 0 Å². The first-order chi connectivity index (χ1) is 15.0. The van der Waals surface area contributed by atoms with Gasteiger partial charge in [0.05, 0.1) is 25.4 Å². The molecular weight excluding hydrogens is 416 g/mol. The molecule has 2 aliphatic rings. The van der Waals surface area contributed by atoms with Crippen molar-refractivity contribution in [3.05, 3.63) is 0 Å². The van der Waals surface area contributed by atoms with Crippen LogP contribution in [0.4, 0.5) is 0 Å². The van der Waals surface area contributed by atoms with E-state index in [0.717, 1.165) is 0 Å². The molecule has 0 amide bonds. The minimum absolute atomic E-state index is 0.0640. The Morgan fingerprint density at radius 3 is 1.97 bits per heavy atom. The first-order valence-electron chi connectivity index (χ1n) is 10.4. The first kappa shape index (κ1) is 26.8. The maximum absolute atomic E-state index is 9.97. The van der Waals surface area contributed by atoms with Crippen LogP contribution in [-0.2, 0) is 37.9 Å². The highest BCUT2D eigenvalue weighted by atomic mass is 16.8. The van der Waals surface area contributed by atoms with Crippen molar-refractivity contribution >= 4 is 0 Å². The number of hydrogen-bond acceptors (Lipinski definition) is 11. The Kier molecular flexibility index (Phi) is 11.0. The van der Waals surface area contributed by atoms with Crippen LogP contribution in [0.25, 0.3) is 0 Å². The monoisotopic (exact) mass is 454 g/mol. The zero-order chi connectivity index (χ0) is 23.0. The van der Waals surface area contributed by atoms with Crippen LogP contribution in [-0.4, -0.2) is 126 Å². The van der Waals surface area contributed by atoms with E-state index in [4.69, 9.17) is 37.9 Å². The summed E-state index contributed by atoms with van der Waals surface area (Å²) in [5.74, 6) is -1.87. The Morgan fingerprint density at radius 1 is 0.806 bits per heavy atom. The van der Waals surface area contributed by atoms with Gasteiger partial charge in [-0.3, -0.25) is 0 Å². The molecule has 2 rings (SSSR count). The van der Waals surface area contributed by atoms with Gasteiger partial charge >= 0.3 is 0 Å². The van der Waals surface area contributed by atoms with Crippen LogP contribution in [0.5, 0.6) is 0 Å². The van der Waals surface area contributed by atoms with Gasteiger partial charge in [0, 0.05) is 61.1 Å². The van der Waals surface area contributed by atoms with Crippen molar-refractivity contribution in [1.29, 1.82) is 0 Å². The van der Waals surface area contributed by atoms with Crippen molar-refractivity contribution in [3.63, 3.8) is 0 Å². The van der Waals surface area contributed by atoms with E-state index in [-0.39, 0.29) is 32.8 Å². The van der Waals surface area contributed by atoms with Crippen molar-refractivity contribution in [2.45, 2.75) is 61.5 Å². The summed E-state index contributed by atoms with van der Waals surface area (Å²) in [7, 11) is 7.59. The molecule has 11 heteroatoms. The van der Waals surface area contributed by atoms with Crippen LogP contribution in [0.3, 0.4) is 0 Å². The molecular formula is C20H38O11. The molecule has 0 bridgehead atoms. The zero-order valence-corrected chi connectivity index (χ0v) is 19.0. The second-order valence-corrected chi connectivity index (χ2v) is 7.67.